The Morgan fingerprint density at radius 3 is 2.67 bits per heavy atom. The maximum Gasteiger partial charge on any atom is 0.0701 e. The van der Waals surface area contributed by atoms with Crippen molar-refractivity contribution in [3.8, 4) is 0 Å². The summed E-state index contributed by atoms with van der Waals surface area (Å²) in [5.74, 6) is 0. The summed E-state index contributed by atoms with van der Waals surface area (Å²) in [6.07, 6.45) is 1.23. The highest BCUT2D eigenvalue weighted by atomic mass is 32.1. The van der Waals surface area contributed by atoms with Crippen LogP contribution >= 0.6 is 11.3 Å². The molecule has 1 aliphatic rings. The molecule has 1 atom stereocenters. The van der Waals surface area contributed by atoms with Gasteiger partial charge in [-0.05, 0) is 54.9 Å². The van der Waals surface area contributed by atoms with Gasteiger partial charge in [-0.15, -0.1) is 11.3 Å². The summed E-state index contributed by atoms with van der Waals surface area (Å²) >= 11 is 1.90. The molecule has 1 N–H and O–H groups in total. The first-order chi connectivity index (χ1) is 10.3. The standard InChI is InChI=1S/C18H24N2S/c1-14-6-3-4-7-16(14)17(18-15(2)8-13-21-18)20-11-5-9-19-10-12-20/h3-4,6-8,13,17,19H,5,9-12H2,1-2H3. The molecule has 0 aliphatic carbocycles. The molecule has 1 fully saturated rings. The van der Waals surface area contributed by atoms with E-state index in [1.807, 2.05) is 11.3 Å². The van der Waals surface area contributed by atoms with Gasteiger partial charge in [-0.3, -0.25) is 4.90 Å². The van der Waals surface area contributed by atoms with Gasteiger partial charge in [0.2, 0.25) is 0 Å². The lowest BCUT2D eigenvalue weighted by Crippen LogP contribution is -2.33. The fourth-order valence-electron chi connectivity index (χ4n) is 3.19. The van der Waals surface area contributed by atoms with E-state index in [1.54, 1.807) is 0 Å². The number of hydrogen-bond donors (Lipinski definition) is 1. The monoisotopic (exact) mass is 300 g/mol. The molecule has 1 saturated heterocycles. The van der Waals surface area contributed by atoms with Crippen LogP contribution in [-0.4, -0.2) is 31.1 Å². The van der Waals surface area contributed by atoms with Crippen LogP contribution in [0.5, 0.6) is 0 Å². The van der Waals surface area contributed by atoms with Crippen molar-refractivity contribution in [2.75, 3.05) is 26.2 Å². The fourth-order valence-corrected chi connectivity index (χ4v) is 4.26. The molecule has 3 rings (SSSR count). The first-order valence-corrected chi connectivity index (χ1v) is 8.69. The van der Waals surface area contributed by atoms with Gasteiger partial charge in [-0.25, -0.2) is 0 Å². The van der Waals surface area contributed by atoms with E-state index in [0.717, 1.165) is 19.6 Å². The second kappa shape index (κ2) is 6.73. The highest BCUT2D eigenvalue weighted by Crippen LogP contribution is 2.36. The van der Waals surface area contributed by atoms with Crippen LogP contribution in [0.2, 0.25) is 0 Å². The van der Waals surface area contributed by atoms with Gasteiger partial charge in [-0.2, -0.15) is 0 Å². The third kappa shape index (κ3) is 3.20. The minimum absolute atomic E-state index is 0.408. The van der Waals surface area contributed by atoms with E-state index in [9.17, 15) is 0 Å². The van der Waals surface area contributed by atoms with Gasteiger partial charge in [0.05, 0.1) is 6.04 Å². The van der Waals surface area contributed by atoms with E-state index in [1.165, 1.54) is 34.5 Å². The zero-order valence-electron chi connectivity index (χ0n) is 12.9. The predicted octanol–water partition coefficient (Wildman–Crippen LogP) is 3.75. The van der Waals surface area contributed by atoms with Crippen LogP contribution in [0.3, 0.4) is 0 Å². The Labute approximate surface area is 131 Å². The number of rotatable bonds is 3. The molecule has 0 spiro atoms. The molecular weight excluding hydrogens is 276 g/mol. The molecule has 1 aromatic carbocycles. The third-order valence-electron chi connectivity index (χ3n) is 4.37. The number of benzene rings is 1. The van der Waals surface area contributed by atoms with E-state index in [4.69, 9.17) is 0 Å². The van der Waals surface area contributed by atoms with Crippen LogP contribution in [0, 0.1) is 13.8 Å². The third-order valence-corrected chi connectivity index (χ3v) is 5.44. The molecule has 1 unspecified atom stereocenters. The zero-order valence-corrected chi connectivity index (χ0v) is 13.7. The van der Waals surface area contributed by atoms with E-state index < -0.39 is 0 Å². The maximum atomic E-state index is 3.52. The first-order valence-electron chi connectivity index (χ1n) is 7.81. The molecule has 112 valence electrons. The molecular formula is C18H24N2S. The van der Waals surface area contributed by atoms with Gasteiger partial charge in [0, 0.05) is 24.5 Å². The van der Waals surface area contributed by atoms with Crippen molar-refractivity contribution in [2.45, 2.75) is 26.3 Å². The highest BCUT2D eigenvalue weighted by molar-refractivity contribution is 7.10. The smallest absolute Gasteiger partial charge is 0.0701 e. The van der Waals surface area contributed by atoms with E-state index in [-0.39, 0.29) is 0 Å². The van der Waals surface area contributed by atoms with Gasteiger partial charge >= 0.3 is 0 Å². The van der Waals surface area contributed by atoms with Crippen molar-refractivity contribution in [3.63, 3.8) is 0 Å². The lowest BCUT2D eigenvalue weighted by Gasteiger charge is -2.32. The zero-order chi connectivity index (χ0) is 14.7. The second-order valence-corrected chi connectivity index (χ2v) is 6.81. The molecule has 0 bridgehead atoms. The Bertz CT molecular complexity index is 582. The van der Waals surface area contributed by atoms with Crippen LogP contribution in [0.1, 0.15) is 34.0 Å². The SMILES string of the molecule is Cc1ccccc1C(c1sccc1C)N1CCCNCC1. The Hall–Kier alpha value is -1.16. The fraction of sp³-hybridized carbons (Fsp3) is 0.444. The summed E-state index contributed by atoms with van der Waals surface area (Å²) in [6, 6.07) is 11.5. The van der Waals surface area contributed by atoms with Crippen LogP contribution in [0.15, 0.2) is 35.7 Å². The van der Waals surface area contributed by atoms with Crippen LogP contribution in [0.25, 0.3) is 0 Å². The van der Waals surface area contributed by atoms with Gasteiger partial charge in [0.25, 0.3) is 0 Å². The number of nitrogens with zero attached hydrogens (tertiary/aromatic N) is 1. The Morgan fingerprint density at radius 1 is 1.05 bits per heavy atom. The highest BCUT2D eigenvalue weighted by Gasteiger charge is 2.26. The summed E-state index contributed by atoms with van der Waals surface area (Å²) < 4.78 is 0. The van der Waals surface area contributed by atoms with Crippen molar-refractivity contribution < 1.29 is 0 Å². The van der Waals surface area contributed by atoms with Crippen molar-refractivity contribution in [3.05, 3.63) is 57.3 Å². The molecule has 2 nitrogen and oxygen atoms in total. The van der Waals surface area contributed by atoms with Gasteiger partial charge in [0.15, 0.2) is 0 Å². The maximum absolute atomic E-state index is 3.52. The van der Waals surface area contributed by atoms with Gasteiger partial charge in [0.1, 0.15) is 0 Å². The topological polar surface area (TPSA) is 15.3 Å². The van der Waals surface area contributed by atoms with Crippen LogP contribution in [-0.2, 0) is 0 Å². The summed E-state index contributed by atoms with van der Waals surface area (Å²) in [6.45, 7) is 9.00. The van der Waals surface area contributed by atoms with Crippen molar-refractivity contribution in [2.24, 2.45) is 0 Å². The molecule has 3 heteroatoms. The number of aryl methyl sites for hydroxylation is 2. The Morgan fingerprint density at radius 2 is 1.90 bits per heavy atom. The lowest BCUT2D eigenvalue weighted by atomic mass is 9.96. The summed E-state index contributed by atoms with van der Waals surface area (Å²) in [7, 11) is 0. The first kappa shape index (κ1) is 14.8. The largest absolute Gasteiger partial charge is 0.315 e. The quantitative estimate of drug-likeness (QED) is 0.928. The molecule has 21 heavy (non-hydrogen) atoms. The summed E-state index contributed by atoms with van der Waals surface area (Å²) in [4.78, 5) is 4.16. The number of thiophene rings is 1. The van der Waals surface area contributed by atoms with E-state index in [2.05, 4.69) is 59.8 Å². The van der Waals surface area contributed by atoms with Crippen molar-refractivity contribution >= 4 is 11.3 Å². The summed E-state index contributed by atoms with van der Waals surface area (Å²) in [5, 5.41) is 5.75. The van der Waals surface area contributed by atoms with Crippen molar-refractivity contribution in [1.82, 2.24) is 10.2 Å². The minimum Gasteiger partial charge on any atom is -0.315 e. The average Bonchev–Trinajstić information content (AvgIpc) is 2.75. The molecule has 1 aliphatic heterocycles. The van der Waals surface area contributed by atoms with Gasteiger partial charge < -0.3 is 5.32 Å². The Balaban J connectivity index is 2.02. The molecule has 1 aromatic heterocycles. The van der Waals surface area contributed by atoms with E-state index >= 15 is 0 Å². The lowest BCUT2D eigenvalue weighted by molar-refractivity contribution is 0.243. The molecule has 2 aromatic rings. The second-order valence-electron chi connectivity index (χ2n) is 5.87. The van der Waals surface area contributed by atoms with Gasteiger partial charge in [-0.1, -0.05) is 24.3 Å². The molecule has 2 heterocycles. The number of nitrogens with one attached hydrogen (secondary N) is 1. The van der Waals surface area contributed by atoms with E-state index in [0.29, 0.717) is 6.04 Å². The number of hydrogen-bond acceptors (Lipinski definition) is 3. The summed E-state index contributed by atoms with van der Waals surface area (Å²) in [5.41, 5.74) is 4.28. The van der Waals surface area contributed by atoms with Crippen molar-refractivity contribution in [1.29, 1.82) is 0 Å². The normalized spacial score (nSPS) is 18.4. The van der Waals surface area contributed by atoms with Crippen LogP contribution < -0.4 is 5.32 Å². The molecule has 0 amide bonds. The molecule has 0 saturated carbocycles. The average molecular weight is 300 g/mol. The van der Waals surface area contributed by atoms with Crippen LogP contribution in [0.4, 0.5) is 0 Å². The predicted molar refractivity (Wildman–Crippen MR) is 91.1 cm³/mol. The molecule has 0 radical (unpaired) electrons. The minimum atomic E-state index is 0.408. The Kier molecular flexibility index (Phi) is 4.73.